The maximum absolute atomic E-state index is 11.0. The van der Waals surface area contributed by atoms with E-state index in [0.717, 1.165) is 14.8 Å². The molecule has 0 radical (unpaired) electrons. The Balaban J connectivity index is 2.14. The van der Waals surface area contributed by atoms with E-state index in [1.165, 1.54) is 17.9 Å². The standard InChI is InChI=1S/C10H8N2OS2/c1-7(13)8-2-4-9(5-3-8)14-10-11-6-12-15-10/h2-6H,1H3. The van der Waals surface area contributed by atoms with Crippen LogP contribution in [0.5, 0.6) is 0 Å². The van der Waals surface area contributed by atoms with Gasteiger partial charge in [-0.05, 0) is 30.6 Å². The van der Waals surface area contributed by atoms with Crippen LogP contribution in [0.3, 0.4) is 0 Å². The highest BCUT2D eigenvalue weighted by Gasteiger charge is 2.02. The van der Waals surface area contributed by atoms with E-state index < -0.39 is 0 Å². The Bertz CT molecular complexity index is 451. The minimum Gasteiger partial charge on any atom is -0.295 e. The summed E-state index contributed by atoms with van der Waals surface area (Å²) in [5.74, 6) is 0.0856. The van der Waals surface area contributed by atoms with Gasteiger partial charge in [0.25, 0.3) is 0 Å². The van der Waals surface area contributed by atoms with Crippen molar-refractivity contribution < 1.29 is 4.79 Å². The molecule has 0 saturated heterocycles. The highest BCUT2D eigenvalue weighted by Crippen LogP contribution is 2.27. The van der Waals surface area contributed by atoms with Crippen LogP contribution < -0.4 is 0 Å². The van der Waals surface area contributed by atoms with E-state index in [-0.39, 0.29) is 5.78 Å². The van der Waals surface area contributed by atoms with E-state index in [9.17, 15) is 4.79 Å². The first-order valence-electron chi connectivity index (χ1n) is 4.31. The smallest absolute Gasteiger partial charge is 0.174 e. The Kier molecular flexibility index (Phi) is 3.13. The number of carbonyl (C=O) groups is 1. The summed E-state index contributed by atoms with van der Waals surface area (Å²) in [5.41, 5.74) is 0.733. The normalized spacial score (nSPS) is 10.2. The highest BCUT2D eigenvalue weighted by molar-refractivity contribution is 8.01. The monoisotopic (exact) mass is 236 g/mol. The van der Waals surface area contributed by atoms with Gasteiger partial charge in [0.15, 0.2) is 10.1 Å². The van der Waals surface area contributed by atoms with Crippen LogP contribution in [0, 0.1) is 0 Å². The lowest BCUT2D eigenvalue weighted by molar-refractivity contribution is 0.101. The topological polar surface area (TPSA) is 42.9 Å². The molecule has 0 unspecified atom stereocenters. The van der Waals surface area contributed by atoms with Gasteiger partial charge >= 0.3 is 0 Å². The lowest BCUT2D eigenvalue weighted by Gasteiger charge is -1.98. The molecule has 0 spiro atoms. The van der Waals surface area contributed by atoms with E-state index in [2.05, 4.69) is 9.36 Å². The Morgan fingerprint density at radius 2 is 2.07 bits per heavy atom. The molecule has 2 aromatic rings. The van der Waals surface area contributed by atoms with Crippen molar-refractivity contribution >= 4 is 29.1 Å². The van der Waals surface area contributed by atoms with Gasteiger partial charge in [0.2, 0.25) is 0 Å². The molecule has 5 heteroatoms. The van der Waals surface area contributed by atoms with Crippen molar-refractivity contribution in [2.75, 3.05) is 0 Å². The molecule has 0 aliphatic heterocycles. The predicted molar refractivity (Wildman–Crippen MR) is 60.5 cm³/mol. The summed E-state index contributed by atoms with van der Waals surface area (Å²) < 4.78 is 4.83. The first-order chi connectivity index (χ1) is 7.25. The summed E-state index contributed by atoms with van der Waals surface area (Å²) in [6.07, 6.45) is 1.54. The van der Waals surface area contributed by atoms with Crippen LogP contribution in [0.25, 0.3) is 0 Å². The molecule has 0 aliphatic carbocycles. The van der Waals surface area contributed by atoms with Crippen molar-refractivity contribution in [1.29, 1.82) is 0 Å². The van der Waals surface area contributed by atoms with E-state index in [1.54, 1.807) is 18.7 Å². The average Bonchev–Trinajstić information content (AvgIpc) is 2.71. The van der Waals surface area contributed by atoms with Gasteiger partial charge in [0, 0.05) is 10.5 Å². The third kappa shape index (κ3) is 2.64. The number of aromatic nitrogens is 2. The summed E-state index contributed by atoms with van der Waals surface area (Å²) >= 11 is 2.91. The molecule has 0 N–H and O–H groups in total. The molecule has 0 fully saturated rings. The number of rotatable bonds is 3. The molecule has 1 heterocycles. The van der Waals surface area contributed by atoms with Crippen LogP contribution in [0.15, 0.2) is 39.8 Å². The fourth-order valence-corrected chi connectivity index (χ4v) is 2.49. The van der Waals surface area contributed by atoms with E-state index >= 15 is 0 Å². The zero-order valence-electron chi connectivity index (χ0n) is 8.01. The summed E-state index contributed by atoms with van der Waals surface area (Å²) in [4.78, 5) is 16.2. The zero-order chi connectivity index (χ0) is 10.7. The van der Waals surface area contributed by atoms with Gasteiger partial charge < -0.3 is 0 Å². The van der Waals surface area contributed by atoms with Gasteiger partial charge in [-0.3, -0.25) is 4.79 Å². The summed E-state index contributed by atoms with van der Waals surface area (Å²) in [6.45, 7) is 1.56. The SMILES string of the molecule is CC(=O)c1ccc(Sc2ncns2)cc1. The number of ketones is 1. The van der Waals surface area contributed by atoms with Gasteiger partial charge in [-0.25, -0.2) is 4.98 Å². The van der Waals surface area contributed by atoms with Crippen LogP contribution in [-0.4, -0.2) is 15.1 Å². The van der Waals surface area contributed by atoms with Crippen molar-refractivity contribution in [1.82, 2.24) is 9.36 Å². The Labute approximate surface area is 95.7 Å². The second kappa shape index (κ2) is 4.55. The van der Waals surface area contributed by atoms with Gasteiger partial charge in [-0.2, -0.15) is 4.37 Å². The molecule has 15 heavy (non-hydrogen) atoms. The van der Waals surface area contributed by atoms with Gasteiger partial charge in [-0.1, -0.05) is 23.9 Å². The fourth-order valence-electron chi connectivity index (χ4n) is 1.07. The number of benzene rings is 1. The van der Waals surface area contributed by atoms with E-state index in [1.807, 2.05) is 24.3 Å². The zero-order valence-corrected chi connectivity index (χ0v) is 9.64. The molecule has 76 valence electrons. The van der Waals surface area contributed by atoms with Crippen LogP contribution >= 0.6 is 23.3 Å². The second-order valence-electron chi connectivity index (χ2n) is 2.89. The largest absolute Gasteiger partial charge is 0.295 e. The third-order valence-electron chi connectivity index (χ3n) is 1.81. The first kappa shape index (κ1) is 10.3. The molecule has 2 rings (SSSR count). The van der Waals surface area contributed by atoms with Crippen molar-refractivity contribution in [3.63, 3.8) is 0 Å². The first-order valence-corrected chi connectivity index (χ1v) is 5.90. The minimum atomic E-state index is 0.0856. The Morgan fingerprint density at radius 1 is 1.33 bits per heavy atom. The lowest BCUT2D eigenvalue weighted by atomic mass is 10.2. The average molecular weight is 236 g/mol. The summed E-state index contributed by atoms with van der Waals surface area (Å²) in [6, 6.07) is 7.49. The number of nitrogens with zero attached hydrogens (tertiary/aromatic N) is 2. The van der Waals surface area contributed by atoms with Crippen LogP contribution in [0.1, 0.15) is 17.3 Å². The quantitative estimate of drug-likeness (QED) is 0.768. The predicted octanol–water partition coefficient (Wildman–Crippen LogP) is 2.89. The lowest BCUT2D eigenvalue weighted by Crippen LogP contribution is -1.90. The van der Waals surface area contributed by atoms with Crippen molar-refractivity contribution in [3.05, 3.63) is 36.2 Å². The minimum absolute atomic E-state index is 0.0856. The second-order valence-corrected chi connectivity index (χ2v) is 4.99. The fraction of sp³-hybridized carbons (Fsp3) is 0.100. The van der Waals surface area contributed by atoms with Crippen molar-refractivity contribution in [2.45, 2.75) is 16.2 Å². The van der Waals surface area contributed by atoms with Crippen molar-refractivity contribution in [2.24, 2.45) is 0 Å². The van der Waals surface area contributed by atoms with Gasteiger partial charge in [0.1, 0.15) is 6.33 Å². The summed E-state index contributed by atoms with van der Waals surface area (Å²) in [7, 11) is 0. The molecule has 1 aromatic carbocycles. The number of hydrogen-bond acceptors (Lipinski definition) is 5. The number of carbonyl (C=O) groups excluding carboxylic acids is 1. The van der Waals surface area contributed by atoms with Crippen LogP contribution in [0.2, 0.25) is 0 Å². The number of hydrogen-bond donors (Lipinski definition) is 0. The third-order valence-corrected chi connectivity index (χ3v) is 3.53. The summed E-state index contributed by atoms with van der Waals surface area (Å²) in [5, 5.41) is 0. The molecule has 0 saturated carbocycles. The Hall–Kier alpha value is -1.20. The molecule has 1 aromatic heterocycles. The van der Waals surface area contributed by atoms with Crippen LogP contribution in [0.4, 0.5) is 0 Å². The highest BCUT2D eigenvalue weighted by atomic mass is 32.2. The van der Waals surface area contributed by atoms with Crippen LogP contribution in [-0.2, 0) is 0 Å². The molecule has 0 atom stereocenters. The van der Waals surface area contributed by atoms with Gasteiger partial charge in [-0.15, -0.1) is 0 Å². The molecular weight excluding hydrogens is 228 g/mol. The van der Waals surface area contributed by atoms with E-state index in [0.29, 0.717) is 0 Å². The maximum atomic E-state index is 11.0. The molecule has 0 aliphatic rings. The molecule has 0 bridgehead atoms. The Morgan fingerprint density at radius 3 is 2.60 bits per heavy atom. The van der Waals surface area contributed by atoms with Gasteiger partial charge in [0.05, 0.1) is 0 Å². The molecular formula is C10H8N2OS2. The molecule has 0 amide bonds. The molecule has 3 nitrogen and oxygen atoms in total. The maximum Gasteiger partial charge on any atom is 0.174 e. The van der Waals surface area contributed by atoms with Crippen molar-refractivity contribution in [3.8, 4) is 0 Å². The van der Waals surface area contributed by atoms with E-state index in [4.69, 9.17) is 0 Å². The number of Topliss-reactive ketones (excluding diaryl/α,β-unsaturated/α-hetero) is 1.